The average Bonchev–Trinajstić information content (AvgIpc) is 2.60. The van der Waals surface area contributed by atoms with Crippen molar-refractivity contribution in [3.63, 3.8) is 0 Å². The lowest BCUT2D eigenvalue weighted by Gasteiger charge is -2.15. The van der Waals surface area contributed by atoms with Crippen LogP contribution in [-0.4, -0.2) is 19.6 Å². The van der Waals surface area contributed by atoms with E-state index in [1.807, 2.05) is 18.2 Å². The minimum absolute atomic E-state index is 0.0232. The molecule has 1 aromatic carbocycles. The summed E-state index contributed by atoms with van der Waals surface area (Å²) in [6.45, 7) is 0.791. The Morgan fingerprint density at radius 3 is 3.00 bits per heavy atom. The molecular weight excluding hydrogens is 164 g/mol. The third-order valence-electron chi connectivity index (χ3n) is 2.35. The lowest BCUT2D eigenvalue weighted by atomic mass is 10.2. The first-order chi connectivity index (χ1) is 6.33. The molecule has 0 saturated heterocycles. The number of urea groups is 1. The molecule has 1 N–H and O–H groups in total. The van der Waals surface area contributed by atoms with Crippen LogP contribution in [0.15, 0.2) is 24.3 Å². The summed E-state index contributed by atoms with van der Waals surface area (Å²) in [4.78, 5) is 13.2. The van der Waals surface area contributed by atoms with Gasteiger partial charge in [-0.3, -0.25) is 4.90 Å². The molecule has 0 saturated carbocycles. The summed E-state index contributed by atoms with van der Waals surface area (Å²) >= 11 is 0. The summed E-state index contributed by atoms with van der Waals surface area (Å²) in [7, 11) is 1.66. The molecule has 68 valence electrons. The van der Waals surface area contributed by atoms with Crippen LogP contribution >= 0.6 is 0 Å². The highest BCUT2D eigenvalue weighted by Crippen LogP contribution is 2.26. The molecule has 13 heavy (non-hydrogen) atoms. The van der Waals surface area contributed by atoms with Crippen molar-refractivity contribution in [3.8, 4) is 0 Å². The number of carbonyl (C=O) groups excluding carboxylic acids is 1. The molecule has 1 heterocycles. The first-order valence-electron chi connectivity index (χ1n) is 4.40. The fourth-order valence-corrected chi connectivity index (χ4v) is 1.68. The number of benzene rings is 1. The van der Waals surface area contributed by atoms with Crippen molar-refractivity contribution in [1.82, 2.24) is 5.32 Å². The molecular formula is C10H12N2O. The Labute approximate surface area is 77.4 Å². The van der Waals surface area contributed by atoms with Crippen LogP contribution in [0.3, 0.4) is 0 Å². The van der Waals surface area contributed by atoms with Gasteiger partial charge in [-0.25, -0.2) is 4.79 Å². The van der Waals surface area contributed by atoms with Gasteiger partial charge in [-0.15, -0.1) is 0 Å². The van der Waals surface area contributed by atoms with Gasteiger partial charge in [-0.1, -0.05) is 18.2 Å². The molecule has 0 fully saturated rings. The molecule has 0 atom stereocenters. The van der Waals surface area contributed by atoms with Gasteiger partial charge < -0.3 is 5.32 Å². The minimum atomic E-state index is -0.0232. The van der Waals surface area contributed by atoms with E-state index in [9.17, 15) is 4.79 Å². The zero-order valence-corrected chi connectivity index (χ0v) is 7.58. The van der Waals surface area contributed by atoms with Gasteiger partial charge >= 0.3 is 6.03 Å². The molecule has 0 unspecified atom stereocenters. The number of anilines is 1. The van der Waals surface area contributed by atoms with Crippen LogP contribution in [-0.2, 0) is 6.42 Å². The molecule has 1 aromatic rings. The van der Waals surface area contributed by atoms with Crippen molar-refractivity contribution in [1.29, 1.82) is 0 Å². The highest BCUT2D eigenvalue weighted by Gasteiger charge is 2.22. The van der Waals surface area contributed by atoms with Crippen molar-refractivity contribution in [2.75, 3.05) is 18.5 Å². The van der Waals surface area contributed by atoms with Crippen molar-refractivity contribution >= 4 is 11.7 Å². The maximum atomic E-state index is 11.4. The highest BCUT2D eigenvalue weighted by atomic mass is 16.2. The van der Waals surface area contributed by atoms with Crippen LogP contribution in [0.2, 0.25) is 0 Å². The Morgan fingerprint density at radius 2 is 2.23 bits per heavy atom. The van der Waals surface area contributed by atoms with Crippen LogP contribution in [0.1, 0.15) is 5.56 Å². The molecule has 1 aliphatic heterocycles. The van der Waals surface area contributed by atoms with E-state index in [-0.39, 0.29) is 6.03 Å². The Hall–Kier alpha value is -1.51. The SMILES string of the molecule is CNC(=O)N1CCc2ccccc21. The molecule has 0 aromatic heterocycles. The Kier molecular flexibility index (Phi) is 1.93. The van der Waals surface area contributed by atoms with Crippen LogP contribution in [0.5, 0.6) is 0 Å². The number of carbonyl (C=O) groups is 1. The first-order valence-corrected chi connectivity index (χ1v) is 4.40. The van der Waals surface area contributed by atoms with Crippen LogP contribution < -0.4 is 10.2 Å². The zero-order valence-electron chi connectivity index (χ0n) is 7.58. The van der Waals surface area contributed by atoms with Crippen molar-refractivity contribution in [2.24, 2.45) is 0 Å². The standard InChI is InChI=1S/C10H12N2O/c1-11-10(13)12-7-6-8-4-2-3-5-9(8)12/h2-5H,6-7H2,1H3,(H,11,13). The average molecular weight is 176 g/mol. The van der Waals surface area contributed by atoms with Gasteiger partial charge in [0.1, 0.15) is 0 Å². The lowest BCUT2D eigenvalue weighted by molar-refractivity contribution is 0.248. The molecule has 2 rings (SSSR count). The van der Waals surface area contributed by atoms with Crippen molar-refractivity contribution in [3.05, 3.63) is 29.8 Å². The predicted molar refractivity (Wildman–Crippen MR) is 51.9 cm³/mol. The Morgan fingerprint density at radius 1 is 1.46 bits per heavy atom. The van der Waals surface area contributed by atoms with Crippen LogP contribution in [0, 0.1) is 0 Å². The smallest absolute Gasteiger partial charge is 0.321 e. The number of amides is 2. The highest BCUT2D eigenvalue weighted by molar-refractivity contribution is 5.93. The third-order valence-corrected chi connectivity index (χ3v) is 2.35. The summed E-state index contributed by atoms with van der Waals surface area (Å²) in [5.41, 5.74) is 2.30. The summed E-state index contributed by atoms with van der Waals surface area (Å²) in [6.07, 6.45) is 0.962. The summed E-state index contributed by atoms with van der Waals surface area (Å²) in [6, 6.07) is 7.99. The molecule has 1 aliphatic rings. The fraction of sp³-hybridized carbons (Fsp3) is 0.300. The van der Waals surface area contributed by atoms with Crippen molar-refractivity contribution in [2.45, 2.75) is 6.42 Å². The van der Waals surface area contributed by atoms with Gasteiger partial charge in [-0.2, -0.15) is 0 Å². The second-order valence-corrected chi connectivity index (χ2v) is 3.09. The molecule has 0 aliphatic carbocycles. The largest absolute Gasteiger partial charge is 0.341 e. The maximum Gasteiger partial charge on any atom is 0.321 e. The number of rotatable bonds is 0. The number of nitrogens with zero attached hydrogens (tertiary/aromatic N) is 1. The monoisotopic (exact) mass is 176 g/mol. The summed E-state index contributed by atoms with van der Waals surface area (Å²) < 4.78 is 0. The molecule has 3 nitrogen and oxygen atoms in total. The molecule has 2 amide bonds. The van der Waals surface area contributed by atoms with Crippen LogP contribution in [0.25, 0.3) is 0 Å². The number of hydrogen-bond acceptors (Lipinski definition) is 1. The first kappa shape index (κ1) is 8.10. The zero-order chi connectivity index (χ0) is 9.26. The minimum Gasteiger partial charge on any atom is -0.341 e. The van der Waals surface area contributed by atoms with Gasteiger partial charge in [-0.05, 0) is 18.1 Å². The Balaban J connectivity index is 2.33. The third kappa shape index (κ3) is 1.26. The molecule has 3 heteroatoms. The summed E-state index contributed by atoms with van der Waals surface area (Å²) in [5.74, 6) is 0. The second-order valence-electron chi connectivity index (χ2n) is 3.09. The normalized spacial score (nSPS) is 14.1. The van der Waals surface area contributed by atoms with E-state index < -0.39 is 0 Å². The van der Waals surface area contributed by atoms with E-state index in [1.54, 1.807) is 11.9 Å². The molecule has 0 radical (unpaired) electrons. The predicted octanol–water partition coefficient (Wildman–Crippen LogP) is 1.39. The molecule has 0 bridgehead atoms. The number of para-hydroxylation sites is 1. The quantitative estimate of drug-likeness (QED) is 0.636. The number of fused-ring (bicyclic) bond motifs is 1. The topological polar surface area (TPSA) is 32.3 Å². The van der Waals surface area contributed by atoms with Crippen molar-refractivity contribution < 1.29 is 4.79 Å². The van der Waals surface area contributed by atoms with E-state index in [2.05, 4.69) is 11.4 Å². The number of hydrogen-bond donors (Lipinski definition) is 1. The van der Waals surface area contributed by atoms with Gasteiger partial charge in [0.05, 0.1) is 0 Å². The lowest BCUT2D eigenvalue weighted by Crippen LogP contribution is -2.36. The fourth-order valence-electron chi connectivity index (χ4n) is 1.68. The van der Waals surface area contributed by atoms with E-state index >= 15 is 0 Å². The van der Waals surface area contributed by atoms with E-state index in [0.717, 1.165) is 18.7 Å². The van der Waals surface area contributed by atoms with E-state index in [0.29, 0.717) is 0 Å². The van der Waals surface area contributed by atoms with Gasteiger partial charge in [0.2, 0.25) is 0 Å². The van der Waals surface area contributed by atoms with Gasteiger partial charge in [0.15, 0.2) is 0 Å². The maximum absolute atomic E-state index is 11.4. The number of nitrogens with one attached hydrogen (secondary N) is 1. The van der Waals surface area contributed by atoms with Crippen LogP contribution in [0.4, 0.5) is 10.5 Å². The second kappa shape index (κ2) is 3.09. The molecule has 0 spiro atoms. The van der Waals surface area contributed by atoms with E-state index in [1.165, 1.54) is 5.56 Å². The van der Waals surface area contributed by atoms with Gasteiger partial charge in [0.25, 0.3) is 0 Å². The summed E-state index contributed by atoms with van der Waals surface area (Å²) in [5, 5.41) is 2.63. The van der Waals surface area contributed by atoms with Gasteiger partial charge in [0, 0.05) is 19.3 Å². The van der Waals surface area contributed by atoms with E-state index in [4.69, 9.17) is 0 Å². The Bertz CT molecular complexity index is 335.